The van der Waals surface area contributed by atoms with Crippen LogP contribution in [-0.2, 0) is 9.53 Å². The molecular weight excluding hydrogens is 341 g/mol. The van der Waals surface area contributed by atoms with Crippen LogP contribution >= 0.6 is 24.8 Å². The number of aromatic nitrogens is 1. The molecule has 1 fully saturated rings. The highest BCUT2D eigenvalue weighted by Gasteiger charge is 2.38. The van der Waals surface area contributed by atoms with Crippen molar-refractivity contribution in [1.82, 2.24) is 4.98 Å². The molecule has 1 aromatic heterocycles. The maximum Gasteiger partial charge on any atom is 0.232 e. The number of anilines is 1. The number of oxazole rings is 1. The number of nitrogens with zero attached hydrogens (tertiary/aromatic N) is 1. The van der Waals surface area contributed by atoms with Gasteiger partial charge in [-0.1, -0.05) is 0 Å². The smallest absolute Gasteiger partial charge is 0.232 e. The zero-order chi connectivity index (χ0) is 14.9. The highest BCUT2D eigenvalue weighted by Crippen LogP contribution is 2.31. The van der Waals surface area contributed by atoms with E-state index in [-0.39, 0.29) is 30.7 Å². The summed E-state index contributed by atoms with van der Waals surface area (Å²) >= 11 is 0. The van der Waals surface area contributed by atoms with E-state index in [1.54, 1.807) is 6.92 Å². The Morgan fingerprint density at radius 3 is 2.70 bits per heavy atom. The van der Waals surface area contributed by atoms with Crippen LogP contribution in [0.25, 0.3) is 11.1 Å². The Hall–Kier alpha value is -1.34. The van der Waals surface area contributed by atoms with E-state index in [0.717, 1.165) is 5.52 Å². The minimum absolute atomic E-state index is 0. The normalized spacial score (nSPS) is 16.3. The zero-order valence-corrected chi connectivity index (χ0v) is 14.5. The Kier molecular flexibility index (Phi) is 6.83. The quantitative estimate of drug-likeness (QED) is 0.876. The first kappa shape index (κ1) is 19.7. The molecule has 2 aromatic rings. The molecule has 1 amide bonds. The first-order chi connectivity index (χ1) is 10.1. The van der Waals surface area contributed by atoms with E-state index in [2.05, 4.69) is 10.3 Å². The van der Waals surface area contributed by atoms with Gasteiger partial charge in [-0.05, 0) is 31.0 Å². The van der Waals surface area contributed by atoms with E-state index in [1.807, 2.05) is 18.2 Å². The van der Waals surface area contributed by atoms with E-state index in [9.17, 15) is 4.79 Å². The van der Waals surface area contributed by atoms with Crippen LogP contribution in [-0.4, -0.2) is 30.6 Å². The fourth-order valence-electron chi connectivity index (χ4n) is 2.67. The number of aryl methyl sites for hydroxylation is 1. The molecule has 1 aromatic carbocycles. The van der Waals surface area contributed by atoms with Crippen LogP contribution in [0.3, 0.4) is 0 Å². The first-order valence-corrected chi connectivity index (χ1v) is 7.09. The minimum Gasteiger partial charge on any atom is -0.441 e. The summed E-state index contributed by atoms with van der Waals surface area (Å²) in [6.45, 7) is 3.27. The van der Waals surface area contributed by atoms with E-state index in [1.165, 1.54) is 0 Å². The minimum atomic E-state index is -0.535. The van der Waals surface area contributed by atoms with Gasteiger partial charge in [0, 0.05) is 32.4 Å². The number of hydrogen-bond donors (Lipinski definition) is 2. The summed E-state index contributed by atoms with van der Waals surface area (Å²) in [4.78, 5) is 16.8. The summed E-state index contributed by atoms with van der Waals surface area (Å²) in [5, 5.41) is 2.95. The molecule has 1 aliphatic rings. The van der Waals surface area contributed by atoms with Crippen molar-refractivity contribution < 1.29 is 13.9 Å². The number of benzene rings is 1. The fourth-order valence-corrected chi connectivity index (χ4v) is 2.67. The summed E-state index contributed by atoms with van der Waals surface area (Å²) in [6, 6.07) is 5.44. The van der Waals surface area contributed by atoms with E-state index < -0.39 is 5.41 Å². The standard InChI is InChI=1S/C15H19N3O3.2ClH/c1-10-17-12-8-11(2-3-13(12)21-10)18-14(19)15(9-16)4-6-20-7-5-15;;/h2-3,8H,4-7,9,16H2,1H3,(H,18,19);2*1H. The van der Waals surface area contributed by atoms with Crippen molar-refractivity contribution in [1.29, 1.82) is 0 Å². The summed E-state index contributed by atoms with van der Waals surface area (Å²) in [7, 11) is 0. The lowest BCUT2D eigenvalue weighted by Gasteiger charge is -2.34. The average molecular weight is 362 g/mol. The number of halogens is 2. The number of nitrogens with one attached hydrogen (secondary N) is 1. The average Bonchev–Trinajstić information content (AvgIpc) is 2.87. The predicted octanol–water partition coefficient (Wildman–Crippen LogP) is 2.67. The van der Waals surface area contributed by atoms with Gasteiger partial charge in [0.25, 0.3) is 0 Å². The number of ether oxygens (including phenoxy) is 1. The third-order valence-electron chi connectivity index (χ3n) is 4.07. The van der Waals surface area contributed by atoms with E-state index in [4.69, 9.17) is 14.9 Å². The van der Waals surface area contributed by atoms with Gasteiger partial charge in [0.15, 0.2) is 11.5 Å². The largest absolute Gasteiger partial charge is 0.441 e. The number of nitrogens with two attached hydrogens (primary N) is 1. The van der Waals surface area contributed by atoms with Gasteiger partial charge in [-0.25, -0.2) is 4.98 Å². The summed E-state index contributed by atoms with van der Waals surface area (Å²) in [5.41, 5.74) is 7.46. The molecule has 128 valence electrons. The molecule has 1 aliphatic heterocycles. The molecule has 3 rings (SSSR count). The van der Waals surface area contributed by atoms with Crippen LogP contribution in [0.1, 0.15) is 18.7 Å². The molecule has 0 spiro atoms. The van der Waals surface area contributed by atoms with Crippen molar-refractivity contribution >= 4 is 47.5 Å². The van der Waals surface area contributed by atoms with Crippen LogP contribution in [0, 0.1) is 12.3 Å². The number of fused-ring (bicyclic) bond motifs is 1. The molecule has 3 N–H and O–H groups in total. The summed E-state index contributed by atoms with van der Waals surface area (Å²) in [5.74, 6) is 0.559. The van der Waals surface area contributed by atoms with Gasteiger partial charge >= 0.3 is 0 Å². The SMILES string of the molecule is Cc1nc2cc(NC(=O)C3(CN)CCOCC3)ccc2o1.Cl.Cl. The van der Waals surface area contributed by atoms with E-state index >= 15 is 0 Å². The molecule has 0 radical (unpaired) electrons. The number of amides is 1. The van der Waals surface area contributed by atoms with Crippen molar-refractivity contribution in [3.63, 3.8) is 0 Å². The maximum atomic E-state index is 12.6. The van der Waals surface area contributed by atoms with Gasteiger partial charge in [-0.2, -0.15) is 0 Å². The molecule has 2 heterocycles. The Labute approximate surface area is 147 Å². The van der Waals surface area contributed by atoms with Gasteiger partial charge in [-0.3, -0.25) is 4.79 Å². The van der Waals surface area contributed by atoms with Crippen molar-refractivity contribution in [2.45, 2.75) is 19.8 Å². The second-order valence-electron chi connectivity index (χ2n) is 5.47. The van der Waals surface area contributed by atoms with Gasteiger partial charge in [0.1, 0.15) is 5.52 Å². The lowest BCUT2D eigenvalue weighted by Crippen LogP contribution is -2.46. The fraction of sp³-hybridized carbons (Fsp3) is 0.467. The summed E-state index contributed by atoms with van der Waals surface area (Å²) in [6.07, 6.45) is 1.31. The molecule has 1 saturated heterocycles. The summed E-state index contributed by atoms with van der Waals surface area (Å²) < 4.78 is 10.8. The van der Waals surface area contributed by atoms with Crippen LogP contribution in [0.5, 0.6) is 0 Å². The van der Waals surface area contributed by atoms with Crippen LogP contribution < -0.4 is 11.1 Å². The Balaban J connectivity index is 0.00000132. The monoisotopic (exact) mass is 361 g/mol. The highest BCUT2D eigenvalue weighted by molar-refractivity contribution is 5.97. The van der Waals surface area contributed by atoms with Crippen molar-refractivity contribution in [2.75, 3.05) is 25.1 Å². The third kappa shape index (κ3) is 3.95. The topological polar surface area (TPSA) is 90.4 Å². The lowest BCUT2D eigenvalue weighted by molar-refractivity contribution is -0.130. The second-order valence-corrected chi connectivity index (χ2v) is 5.47. The molecule has 8 heteroatoms. The number of carbonyl (C=O) groups excluding carboxylic acids is 1. The molecule has 0 aliphatic carbocycles. The van der Waals surface area contributed by atoms with Gasteiger partial charge in [0.05, 0.1) is 5.41 Å². The molecular formula is C15H21Cl2N3O3. The Bertz CT molecular complexity index is 669. The molecule has 23 heavy (non-hydrogen) atoms. The van der Waals surface area contributed by atoms with Crippen LogP contribution in [0.2, 0.25) is 0 Å². The molecule has 0 unspecified atom stereocenters. The first-order valence-electron chi connectivity index (χ1n) is 7.09. The van der Waals surface area contributed by atoms with Crippen molar-refractivity contribution in [3.05, 3.63) is 24.1 Å². The number of carbonyl (C=O) groups is 1. The van der Waals surface area contributed by atoms with Crippen LogP contribution in [0.15, 0.2) is 22.6 Å². The molecule has 6 nitrogen and oxygen atoms in total. The molecule has 0 atom stereocenters. The van der Waals surface area contributed by atoms with Crippen LogP contribution in [0.4, 0.5) is 5.69 Å². The predicted molar refractivity (Wildman–Crippen MR) is 93.4 cm³/mol. The second kappa shape index (κ2) is 7.97. The van der Waals surface area contributed by atoms with Gasteiger partial charge in [0.2, 0.25) is 5.91 Å². The van der Waals surface area contributed by atoms with Crippen molar-refractivity contribution in [2.24, 2.45) is 11.1 Å². The lowest BCUT2D eigenvalue weighted by atomic mass is 9.79. The Morgan fingerprint density at radius 2 is 2.04 bits per heavy atom. The van der Waals surface area contributed by atoms with E-state index in [0.29, 0.717) is 49.8 Å². The number of hydrogen-bond acceptors (Lipinski definition) is 5. The van der Waals surface area contributed by atoms with Gasteiger partial charge in [-0.15, -0.1) is 24.8 Å². The third-order valence-corrected chi connectivity index (χ3v) is 4.07. The molecule has 0 bridgehead atoms. The Morgan fingerprint density at radius 1 is 1.35 bits per heavy atom. The number of rotatable bonds is 3. The van der Waals surface area contributed by atoms with Gasteiger partial charge < -0.3 is 20.2 Å². The maximum absolute atomic E-state index is 12.6. The van der Waals surface area contributed by atoms with Crippen molar-refractivity contribution in [3.8, 4) is 0 Å². The molecule has 0 saturated carbocycles. The highest BCUT2D eigenvalue weighted by atomic mass is 35.5. The zero-order valence-electron chi connectivity index (χ0n) is 12.8.